The van der Waals surface area contributed by atoms with Crippen LogP contribution in [0.1, 0.15) is 43.9 Å². The monoisotopic (exact) mass is 345 g/mol. The average Bonchev–Trinajstić information content (AvgIpc) is 2.61. The second-order valence-corrected chi connectivity index (χ2v) is 6.02. The number of amides is 2. The smallest absolute Gasteiger partial charge is 0.318 e. The van der Waals surface area contributed by atoms with E-state index in [4.69, 9.17) is 0 Å². The van der Waals surface area contributed by atoms with Gasteiger partial charge in [0.25, 0.3) is 0 Å². The molecule has 0 saturated carbocycles. The van der Waals surface area contributed by atoms with Gasteiger partial charge in [-0.2, -0.15) is 0 Å². The molecule has 6 heteroatoms. The van der Waals surface area contributed by atoms with E-state index in [1.165, 1.54) is 12.1 Å². The van der Waals surface area contributed by atoms with Crippen LogP contribution in [-0.4, -0.2) is 27.6 Å². The van der Waals surface area contributed by atoms with Gasteiger partial charge in [-0.1, -0.05) is 25.5 Å². The standard InChI is InChI=1S/C19H24FN3O2/c1-3-4-10-23(13-15-6-5-9-21-12-15)19(25)22-14(2)16-7-8-18(24)17(20)11-16/h5-9,11-12,14,24H,3-4,10,13H2,1-2H3,(H,22,25). The number of rotatable bonds is 7. The fourth-order valence-corrected chi connectivity index (χ4v) is 2.47. The van der Waals surface area contributed by atoms with Crippen LogP contribution in [0.5, 0.6) is 5.75 Å². The molecular weight excluding hydrogens is 321 g/mol. The lowest BCUT2D eigenvalue weighted by Crippen LogP contribution is -2.41. The molecule has 0 bridgehead atoms. The van der Waals surface area contributed by atoms with E-state index in [2.05, 4.69) is 17.2 Å². The first-order valence-corrected chi connectivity index (χ1v) is 8.44. The van der Waals surface area contributed by atoms with Crippen LogP contribution in [-0.2, 0) is 6.54 Å². The Balaban J connectivity index is 2.05. The number of pyridine rings is 1. The van der Waals surface area contributed by atoms with Gasteiger partial charge >= 0.3 is 6.03 Å². The number of benzene rings is 1. The van der Waals surface area contributed by atoms with Crippen molar-refractivity contribution >= 4 is 6.03 Å². The molecule has 1 aromatic carbocycles. The fourth-order valence-electron chi connectivity index (χ4n) is 2.47. The normalized spacial score (nSPS) is 11.8. The predicted molar refractivity (Wildman–Crippen MR) is 94.6 cm³/mol. The summed E-state index contributed by atoms with van der Waals surface area (Å²) in [4.78, 5) is 18.5. The van der Waals surface area contributed by atoms with Gasteiger partial charge in [-0.05, 0) is 42.7 Å². The molecule has 1 aromatic heterocycles. The zero-order valence-electron chi connectivity index (χ0n) is 14.6. The van der Waals surface area contributed by atoms with Gasteiger partial charge < -0.3 is 15.3 Å². The van der Waals surface area contributed by atoms with Gasteiger partial charge in [0.15, 0.2) is 11.6 Å². The Kier molecular flexibility index (Phi) is 6.74. The Morgan fingerprint density at radius 2 is 2.20 bits per heavy atom. The molecule has 1 heterocycles. The van der Waals surface area contributed by atoms with E-state index < -0.39 is 11.6 Å². The van der Waals surface area contributed by atoms with Crippen molar-refractivity contribution in [1.82, 2.24) is 15.2 Å². The summed E-state index contributed by atoms with van der Waals surface area (Å²) in [6.45, 7) is 4.96. The van der Waals surface area contributed by atoms with Crippen molar-refractivity contribution in [3.05, 3.63) is 59.7 Å². The van der Waals surface area contributed by atoms with E-state index in [-0.39, 0.29) is 12.1 Å². The number of aromatic hydroxyl groups is 1. The summed E-state index contributed by atoms with van der Waals surface area (Å²) in [5, 5.41) is 12.2. The number of urea groups is 1. The number of carbonyl (C=O) groups excluding carboxylic acids is 1. The van der Waals surface area contributed by atoms with Crippen molar-refractivity contribution in [3.63, 3.8) is 0 Å². The molecule has 1 unspecified atom stereocenters. The number of phenols is 1. The molecule has 25 heavy (non-hydrogen) atoms. The van der Waals surface area contributed by atoms with Crippen LogP contribution in [0.3, 0.4) is 0 Å². The van der Waals surface area contributed by atoms with Crippen LogP contribution in [0.4, 0.5) is 9.18 Å². The molecular formula is C19H24FN3O2. The third-order valence-corrected chi connectivity index (χ3v) is 3.98. The molecule has 2 rings (SSSR count). The van der Waals surface area contributed by atoms with Gasteiger partial charge in [0.05, 0.1) is 6.04 Å². The maximum Gasteiger partial charge on any atom is 0.318 e. The van der Waals surface area contributed by atoms with E-state index in [0.717, 1.165) is 18.4 Å². The average molecular weight is 345 g/mol. The quantitative estimate of drug-likeness (QED) is 0.797. The molecule has 1 atom stereocenters. The first-order chi connectivity index (χ1) is 12.0. The molecule has 2 N–H and O–H groups in total. The number of nitrogens with one attached hydrogen (secondary N) is 1. The predicted octanol–water partition coefficient (Wildman–Crippen LogP) is 4.00. The molecule has 0 fully saturated rings. The third-order valence-electron chi connectivity index (χ3n) is 3.98. The van der Waals surface area contributed by atoms with Crippen LogP contribution < -0.4 is 5.32 Å². The Labute approximate surface area is 147 Å². The highest BCUT2D eigenvalue weighted by Crippen LogP contribution is 2.21. The molecule has 134 valence electrons. The number of unbranched alkanes of at least 4 members (excludes halogenated alkanes) is 1. The number of phenolic OH excluding ortho intramolecular Hbond substituents is 1. The number of nitrogens with zero attached hydrogens (tertiary/aromatic N) is 2. The second kappa shape index (κ2) is 9.01. The lowest BCUT2D eigenvalue weighted by atomic mass is 10.1. The lowest BCUT2D eigenvalue weighted by Gasteiger charge is -2.25. The summed E-state index contributed by atoms with van der Waals surface area (Å²) in [5.41, 5.74) is 1.55. The van der Waals surface area contributed by atoms with E-state index in [1.54, 1.807) is 30.3 Å². The summed E-state index contributed by atoms with van der Waals surface area (Å²) in [6.07, 6.45) is 5.32. The highest BCUT2D eigenvalue weighted by atomic mass is 19.1. The van der Waals surface area contributed by atoms with Crippen LogP contribution in [0, 0.1) is 5.82 Å². The van der Waals surface area contributed by atoms with Gasteiger partial charge in [-0.15, -0.1) is 0 Å². The highest BCUT2D eigenvalue weighted by Gasteiger charge is 2.17. The van der Waals surface area contributed by atoms with Crippen LogP contribution in [0.15, 0.2) is 42.7 Å². The Morgan fingerprint density at radius 3 is 2.84 bits per heavy atom. The Hall–Kier alpha value is -2.63. The molecule has 2 aromatic rings. The van der Waals surface area contributed by atoms with Crippen molar-refractivity contribution in [1.29, 1.82) is 0 Å². The second-order valence-electron chi connectivity index (χ2n) is 6.02. The van der Waals surface area contributed by atoms with Gasteiger partial charge in [0.1, 0.15) is 0 Å². The van der Waals surface area contributed by atoms with Gasteiger partial charge in [0, 0.05) is 25.5 Å². The summed E-state index contributed by atoms with van der Waals surface area (Å²) in [5.74, 6) is -1.10. The van der Waals surface area contributed by atoms with Gasteiger partial charge in [-0.3, -0.25) is 4.98 Å². The molecule has 0 saturated heterocycles. The summed E-state index contributed by atoms with van der Waals surface area (Å²) in [6, 6.07) is 7.31. The third kappa shape index (κ3) is 5.45. The molecule has 2 amide bonds. The zero-order chi connectivity index (χ0) is 18.2. The topological polar surface area (TPSA) is 65.5 Å². The first kappa shape index (κ1) is 18.7. The largest absolute Gasteiger partial charge is 0.505 e. The number of halogens is 1. The summed E-state index contributed by atoms with van der Waals surface area (Å²) < 4.78 is 13.5. The minimum atomic E-state index is -0.697. The van der Waals surface area contributed by atoms with Crippen LogP contribution in [0.2, 0.25) is 0 Å². The highest BCUT2D eigenvalue weighted by molar-refractivity contribution is 5.74. The van der Waals surface area contributed by atoms with Crippen molar-refractivity contribution < 1.29 is 14.3 Å². The Morgan fingerprint density at radius 1 is 1.40 bits per heavy atom. The molecule has 0 aliphatic heterocycles. The summed E-state index contributed by atoms with van der Waals surface area (Å²) >= 11 is 0. The number of aromatic nitrogens is 1. The van der Waals surface area contributed by atoms with Crippen molar-refractivity contribution in [2.45, 2.75) is 39.3 Å². The number of hydrogen-bond acceptors (Lipinski definition) is 3. The molecule has 0 aliphatic rings. The van der Waals surface area contributed by atoms with Crippen LogP contribution in [0.25, 0.3) is 0 Å². The zero-order valence-corrected chi connectivity index (χ0v) is 14.6. The lowest BCUT2D eigenvalue weighted by molar-refractivity contribution is 0.191. The minimum absolute atomic E-state index is 0.210. The maximum atomic E-state index is 13.5. The van der Waals surface area contributed by atoms with Gasteiger partial charge in [0.2, 0.25) is 0 Å². The fraction of sp³-hybridized carbons (Fsp3) is 0.368. The van der Waals surface area contributed by atoms with E-state index >= 15 is 0 Å². The van der Waals surface area contributed by atoms with E-state index in [1.807, 2.05) is 12.1 Å². The molecule has 0 spiro atoms. The maximum absolute atomic E-state index is 13.5. The van der Waals surface area contributed by atoms with E-state index in [9.17, 15) is 14.3 Å². The van der Waals surface area contributed by atoms with Crippen molar-refractivity contribution in [2.75, 3.05) is 6.54 Å². The number of carbonyl (C=O) groups is 1. The molecule has 0 aliphatic carbocycles. The van der Waals surface area contributed by atoms with Crippen LogP contribution >= 0.6 is 0 Å². The molecule has 5 nitrogen and oxygen atoms in total. The van der Waals surface area contributed by atoms with Gasteiger partial charge in [-0.25, -0.2) is 9.18 Å². The van der Waals surface area contributed by atoms with Crippen molar-refractivity contribution in [2.24, 2.45) is 0 Å². The van der Waals surface area contributed by atoms with E-state index in [0.29, 0.717) is 18.7 Å². The Bertz CT molecular complexity index is 694. The molecule has 0 radical (unpaired) electrons. The SMILES string of the molecule is CCCCN(Cc1cccnc1)C(=O)NC(C)c1ccc(O)c(F)c1. The van der Waals surface area contributed by atoms with Crippen molar-refractivity contribution in [3.8, 4) is 5.75 Å². The summed E-state index contributed by atoms with van der Waals surface area (Å²) in [7, 11) is 0. The first-order valence-electron chi connectivity index (χ1n) is 8.44. The number of hydrogen-bond donors (Lipinski definition) is 2. The minimum Gasteiger partial charge on any atom is -0.505 e.